The van der Waals surface area contributed by atoms with Gasteiger partial charge in [0.2, 0.25) is 0 Å². The van der Waals surface area contributed by atoms with Crippen LogP contribution in [0.2, 0.25) is 5.02 Å². The summed E-state index contributed by atoms with van der Waals surface area (Å²) < 4.78 is 2.15. The smallest absolute Gasteiger partial charge is 0.0481 e. The Bertz CT molecular complexity index is 464. The van der Waals surface area contributed by atoms with E-state index in [0.29, 0.717) is 0 Å². The molecule has 80 valence electrons. The summed E-state index contributed by atoms with van der Waals surface area (Å²) in [6.45, 7) is 3.08. The number of hydrogen-bond acceptors (Lipinski definition) is 1. The first-order chi connectivity index (χ1) is 7.20. The predicted molar refractivity (Wildman–Crippen MR) is 63.2 cm³/mol. The van der Waals surface area contributed by atoms with Gasteiger partial charge in [-0.2, -0.15) is 0 Å². The lowest BCUT2D eigenvalue weighted by atomic mass is 10.2. The van der Waals surface area contributed by atoms with Crippen LogP contribution < -0.4 is 0 Å². The van der Waals surface area contributed by atoms with E-state index in [-0.39, 0.29) is 12.5 Å². The minimum absolute atomic E-state index is 0.216. The number of hydrogen-bond donors (Lipinski definition) is 1. The van der Waals surface area contributed by atoms with Crippen LogP contribution in [0.3, 0.4) is 0 Å². The molecular weight excluding hydrogens is 210 g/mol. The predicted octanol–water partition coefficient (Wildman–Crippen LogP) is 2.92. The number of aliphatic hydroxyl groups excluding tert-OH is 1. The van der Waals surface area contributed by atoms with Gasteiger partial charge in [-0.15, -0.1) is 0 Å². The van der Waals surface area contributed by atoms with E-state index in [4.69, 9.17) is 16.7 Å². The molecule has 2 nitrogen and oxygen atoms in total. The zero-order valence-electron chi connectivity index (χ0n) is 8.65. The summed E-state index contributed by atoms with van der Waals surface area (Å²) in [5.74, 6) is 0.274. The summed E-state index contributed by atoms with van der Waals surface area (Å²) in [5.41, 5.74) is 1.17. The first-order valence-electron chi connectivity index (χ1n) is 5.06. The monoisotopic (exact) mass is 223 g/mol. The van der Waals surface area contributed by atoms with Crippen LogP contribution in [-0.4, -0.2) is 16.3 Å². The Hall–Kier alpha value is -0.990. The van der Waals surface area contributed by atoms with Crippen LogP contribution in [-0.2, 0) is 6.54 Å². The van der Waals surface area contributed by atoms with E-state index in [1.54, 1.807) is 0 Å². The van der Waals surface area contributed by atoms with Crippen molar-refractivity contribution in [1.82, 2.24) is 4.57 Å². The number of nitrogens with zero attached hydrogens (tertiary/aromatic N) is 1. The molecule has 15 heavy (non-hydrogen) atoms. The van der Waals surface area contributed by atoms with Crippen molar-refractivity contribution in [2.24, 2.45) is 5.92 Å². The minimum Gasteiger partial charge on any atom is -0.396 e. The number of rotatable bonds is 3. The van der Waals surface area contributed by atoms with Crippen molar-refractivity contribution in [3.63, 3.8) is 0 Å². The molecule has 3 heteroatoms. The van der Waals surface area contributed by atoms with Crippen LogP contribution >= 0.6 is 11.6 Å². The summed E-state index contributed by atoms with van der Waals surface area (Å²) in [4.78, 5) is 0. The van der Waals surface area contributed by atoms with Crippen molar-refractivity contribution in [2.45, 2.75) is 13.5 Å². The van der Waals surface area contributed by atoms with E-state index in [1.807, 2.05) is 37.4 Å². The fourth-order valence-corrected chi connectivity index (χ4v) is 1.90. The van der Waals surface area contributed by atoms with Crippen molar-refractivity contribution in [1.29, 1.82) is 0 Å². The maximum atomic E-state index is 9.02. The SMILES string of the molecule is CC(CO)Cn1ccc2cc(Cl)ccc21. The quantitative estimate of drug-likeness (QED) is 0.851. The number of benzene rings is 1. The van der Waals surface area contributed by atoms with Crippen molar-refractivity contribution in [3.8, 4) is 0 Å². The largest absolute Gasteiger partial charge is 0.396 e. The van der Waals surface area contributed by atoms with Gasteiger partial charge >= 0.3 is 0 Å². The topological polar surface area (TPSA) is 25.2 Å². The van der Waals surface area contributed by atoms with Crippen LogP contribution in [0.1, 0.15) is 6.92 Å². The third-order valence-electron chi connectivity index (χ3n) is 2.55. The normalized spacial score (nSPS) is 13.3. The molecule has 0 amide bonds. The molecule has 0 saturated heterocycles. The number of fused-ring (bicyclic) bond motifs is 1. The molecule has 1 atom stereocenters. The second kappa shape index (κ2) is 4.25. The highest BCUT2D eigenvalue weighted by Gasteiger charge is 2.05. The fraction of sp³-hybridized carbons (Fsp3) is 0.333. The Kier molecular flexibility index (Phi) is 2.98. The summed E-state index contributed by atoms with van der Waals surface area (Å²) in [6, 6.07) is 7.91. The van der Waals surface area contributed by atoms with E-state index >= 15 is 0 Å². The van der Waals surface area contributed by atoms with Crippen molar-refractivity contribution in [2.75, 3.05) is 6.61 Å². The van der Waals surface area contributed by atoms with Crippen molar-refractivity contribution < 1.29 is 5.11 Å². The second-order valence-electron chi connectivity index (χ2n) is 3.96. The van der Waals surface area contributed by atoms with Crippen molar-refractivity contribution in [3.05, 3.63) is 35.5 Å². The van der Waals surface area contributed by atoms with E-state index in [2.05, 4.69) is 4.57 Å². The third-order valence-corrected chi connectivity index (χ3v) is 2.79. The maximum Gasteiger partial charge on any atom is 0.0481 e. The van der Waals surface area contributed by atoms with Gasteiger partial charge in [0.05, 0.1) is 0 Å². The molecule has 0 aliphatic heterocycles. The van der Waals surface area contributed by atoms with Crippen LogP contribution in [0.4, 0.5) is 0 Å². The molecule has 1 N–H and O–H groups in total. The van der Waals surface area contributed by atoms with E-state index < -0.39 is 0 Å². The highest BCUT2D eigenvalue weighted by molar-refractivity contribution is 6.31. The number of aliphatic hydroxyl groups is 1. The fourth-order valence-electron chi connectivity index (χ4n) is 1.72. The minimum atomic E-state index is 0.216. The van der Waals surface area contributed by atoms with Crippen LogP contribution in [0.5, 0.6) is 0 Å². The van der Waals surface area contributed by atoms with Gasteiger partial charge in [0.15, 0.2) is 0 Å². The zero-order chi connectivity index (χ0) is 10.8. The zero-order valence-corrected chi connectivity index (χ0v) is 9.41. The summed E-state index contributed by atoms with van der Waals surface area (Å²) >= 11 is 5.91. The molecule has 2 aromatic rings. The standard InChI is InChI=1S/C12H14ClNO/c1-9(8-15)7-14-5-4-10-6-11(13)2-3-12(10)14/h2-6,9,15H,7-8H2,1H3. The molecule has 0 spiro atoms. The molecule has 0 saturated carbocycles. The van der Waals surface area contributed by atoms with Crippen LogP contribution in [0.15, 0.2) is 30.5 Å². The van der Waals surface area contributed by atoms with Gasteiger partial charge in [-0.3, -0.25) is 0 Å². The summed E-state index contributed by atoms with van der Waals surface area (Å²) in [6.07, 6.45) is 2.03. The molecule has 1 aromatic heterocycles. The average Bonchev–Trinajstić information content (AvgIpc) is 2.60. The molecule has 1 unspecified atom stereocenters. The van der Waals surface area contributed by atoms with E-state index in [9.17, 15) is 0 Å². The van der Waals surface area contributed by atoms with Gasteiger partial charge < -0.3 is 9.67 Å². The van der Waals surface area contributed by atoms with Gasteiger partial charge in [-0.25, -0.2) is 0 Å². The Labute approximate surface area is 94.1 Å². The summed E-state index contributed by atoms with van der Waals surface area (Å²) in [7, 11) is 0. The average molecular weight is 224 g/mol. The van der Waals surface area contributed by atoms with E-state index in [0.717, 1.165) is 17.0 Å². The van der Waals surface area contributed by atoms with Crippen LogP contribution in [0.25, 0.3) is 10.9 Å². The lowest BCUT2D eigenvalue weighted by Crippen LogP contribution is -2.09. The van der Waals surface area contributed by atoms with Gasteiger partial charge in [-0.05, 0) is 30.2 Å². The molecule has 1 aromatic carbocycles. The van der Waals surface area contributed by atoms with Gasteiger partial charge in [0, 0.05) is 35.3 Å². The van der Waals surface area contributed by atoms with Crippen molar-refractivity contribution >= 4 is 22.5 Å². The Morgan fingerprint density at radius 1 is 1.40 bits per heavy atom. The molecule has 0 aliphatic rings. The molecule has 1 heterocycles. The molecule has 0 aliphatic carbocycles. The molecule has 0 fully saturated rings. The lowest BCUT2D eigenvalue weighted by molar-refractivity contribution is 0.224. The van der Waals surface area contributed by atoms with Crippen LogP contribution in [0, 0.1) is 5.92 Å². The third kappa shape index (κ3) is 2.16. The Morgan fingerprint density at radius 3 is 2.93 bits per heavy atom. The number of halogens is 1. The highest BCUT2D eigenvalue weighted by Crippen LogP contribution is 2.21. The molecule has 2 rings (SSSR count). The molecule has 0 bridgehead atoms. The van der Waals surface area contributed by atoms with Gasteiger partial charge in [0.25, 0.3) is 0 Å². The molecular formula is C12H14ClNO. The Balaban J connectivity index is 2.36. The highest BCUT2D eigenvalue weighted by atomic mass is 35.5. The number of aromatic nitrogens is 1. The van der Waals surface area contributed by atoms with E-state index in [1.165, 1.54) is 5.52 Å². The summed E-state index contributed by atoms with van der Waals surface area (Å²) in [5, 5.41) is 10.9. The second-order valence-corrected chi connectivity index (χ2v) is 4.40. The van der Waals surface area contributed by atoms with Gasteiger partial charge in [-0.1, -0.05) is 18.5 Å². The maximum absolute atomic E-state index is 9.02. The Morgan fingerprint density at radius 2 is 2.20 bits per heavy atom. The first kappa shape index (κ1) is 10.5. The van der Waals surface area contributed by atoms with Gasteiger partial charge in [0.1, 0.15) is 0 Å². The molecule has 0 radical (unpaired) electrons. The first-order valence-corrected chi connectivity index (χ1v) is 5.44. The lowest BCUT2D eigenvalue weighted by Gasteiger charge is -2.10.